The van der Waals surface area contributed by atoms with E-state index >= 15 is 0 Å². The molecule has 0 fully saturated rings. The number of hydrogen-bond donors (Lipinski definition) is 1. The second-order valence-electron chi connectivity index (χ2n) is 6.79. The molecule has 1 N–H and O–H groups in total. The van der Waals surface area contributed by atoms with Crippen LogP contribution < -0.4 is 5.32 Å². The van der Waals surface area contributed by atoms with Gasteiger partial charge in [0.05, 0.1) is 17.4 Å². The van der Waals surface area contributed by atoms with Crippen LogP contribution in [0.25, 0.3) is 22.2 Å². The number of fused-ring (bicyclic) bond motifs is 1. The molecular formula is C19H22FN5O. The number of aromatic nitrogens is 4. The summed E-state index contributed by atoms with van der Waals surface area (Å²) in [5.41, 5.74) is 1.49. The Hall–Kier alpha value is -2.83. The van der Waals surface area contributed by atoms with Gasteiger partial charge in [-0.1, -0.05) is 0 Å². The first-order chi connectivity index (χ1) is 12.2. The lowest BCUT2D eigenvalue weighted by Crippen LogP contribution is -2.15. The minimum atomic E-state index is -1.63. The Labute approximate surface area is 151 Å². The molecule has 3 heterocycles. The lowest BCUT2D eigenvalue weighted by molar-refractivity contribution is -0.114. The van der Waals surface area contributed by atoms with Crippen LogP contribution >= 0.6 is 0 Å². The first-order valence-corrected chi connectivity index (χ1v) is 8.51. The van der Waals surface area contributed by atoms with Crippen molar-refractivity contribution >= 4 is 22.6 Å². The van der Waals surface area contributed by atoms with Gasteiger partial charge in [0.2, 0.25) is 5.91 Å². The molecule has 0 spiro atoms. The molecule has 0 bridgehead atoms. The lowest BCUT2D eigenvalue weighted by atomic mass is 10.1. The van der Waals surface area contributed by atoms with Crippen LogP contribution in [0, 0.1) is 6.92 Å². The summed E-state index contributed by atoms with van der Waals surface area (Å²) < 4.78 is 16.5. The molecule has 0 saturated carbocycles. The maximum absolute atomic E-state index is 14.4. The van der Waals surface area contributed by atoms with Gasteiger partial charge in [-0.05, 0) is 39.8 Å². The predicted octanol–water partition coefficient (Wildman–Crippen LogP) is 3.98. The Kier molecular flexibility index (Phi) is 4.48. The predicted molar refractivity (Wildman–Crippen MR) is 99.6 cm³/mol. The fourth-order valence-corrected chi connectivity index (χ4v) is 2.87. The average molecular weight is 355 g/mol. The van der Waals surface area contributed by atoms with Gasteiger partial charge in [-0.2, -0.15) is 0 Å². The highest BCUT2D eigenvalue weighted by molar-refractivity contribution is 5.98. The summed E-state index contributed by atoms with van der Waals surface area (Å²) in [6, 6.07) is 3.65. The van der Waals surface area contributed by atoms with Gasteiger partial charge >= 0.3 is 0 Å². The molecule has 0 atom stereocenters. The number of amides is 1. The molecule has 0 radical (unpaired) electrons. The summed E-state index contributed by atoms with van der Waals surface area (Å²) in [6.45, 7) is 8.94. The topological polar surface area (TPSA) is 72.7 Å². The van der Waals surface area contributed by atoms with Gasteiger partial charge in [-0.15, -0.1) is 0 Å². The van der Waals surface area contributed by atoms with Crippen LogP contribution in [-0.2, 0) is 17.0 Å². The molecule has 0 aliphatic carbocycles. The molecule has 3 aromatic rings. The number of carbonyl (C=O) groups is 1. The molecule has 0 saturated heterocycles. The second kappa shape index (κ2) is 6.48. The molecule has 3 aromatic heterocycles. The zero-order valence-corrected chi connectivity index (χ0v) is 15.6. The van der Waals surface area contributed by atoms with Crippen molar-refractivity contribution in [2.24, 2.45) is 0 Å². The quantitative estimate of drug-likeness (QED) is 0.768. The molecule has 7 heteroatoms. The number of anilines is 1. The van der Waals surface area contributed by atoms with Crippen LogP contribution in [0.4, 0.5) is 10.2 Å². The summed E-state index contributed by atoms with van der Waals surface area (Å²) >= 11 is 0. The van der Waals surface area contributed by atoms with E-state index < -0.39 is 5.67 Å². The van der Waals surface area contributed by atoms with Gasteiger partial charge in [0.15, 0.2) is 11.5 Å². The smallest absolute Gasteiger partial charge is 0.222 e. The number of halogens is 1. The van der Waals surface area contributed by atoms with E-state index in [9.17, 15) is 9.18 Å². The number of aryl methyl sites for hydroxylation is 2. The van der Waals surface area contributed by atoms with Crippen LogP contribution in [0.15, 0.2) is 24.5 Å². The Morgan fingerprint density at radius 1 is 1.31 bits per heavy atom. The number of nitrogens with zero attached hydrogens (tertiary/aromatic N) is 4. The standard InChI is InChI=1S/C19H22FN5O/c1-6-25-10-14(13-8-17(23-12(3)26)21-9-16(13)25)15-7-11(2)22-18(24-15)19(4,5)20/h7-10H,6H2,1-5H3,(H,21,23,26). The second-order valence-corrected chi connectivity index (χ2v) is 6.79. The molecule has 26 heavy (non-hydrogen) atoms. The van der Waals surface area contributed by atoms with Crippen molar-refractivity contribution < 1.29 is 9.18 Å². The number of carbonyl (C=O) groups excluding carboxylic acids is 1. The minimum absolute atomic E-state index is 0.154. The maximum atomic E-state index is 14.4. The summed E-state index contributed by atoms with van der Waals surface area (Å²) in [6.07, 6.45) is 3.70. The van der Waals surface area contributed by atoms with Crippen LogP contribution in [-0.4, -0.2) is 25.4 Å². The highest BCUT2D eigenvalue weighted by Crippen LogP contribution is 2.32. The number of nitrogens with one attached hydrogen (secondary N) is 1. The Balaban J connectivity index is 2.24. The van der Waals surface area contributed by atoms with Crippen molar-refractivity contribution in [1.82, 2.24) is 19.5 Å². The Morgan fingerprint density at radius 2 is 2.04 bits per heavy atom. The Bertz CT molecular complexity index is 987. The van der Waals surface area contributed by atoms with E-state index in [1.807, 2.05) is 36.7 Å². The molecule has 0 aliphatic rings. The van der Waals surface area contributed by atoms with Gasteiger partial charge < -0.3 is 9.88 Å². The number of alkyl halides is 1. The highest BCUT2D eigenvalue weighted by atomic mass is 19.1. The van der Waals surface area contributed by atoms with Crippen molar-refractivity contribution in [2.45, 2.75) is 46.8 Å². The van der Waals surface area contributed by atoms with Crippen molar-refractivity contribution in [1.29, 1.82) is 0 Å². The third kappa shape index (κ3) is 3.42. The summed E-state index contributed by atoms with van der Waals surface area (Å²) in [5.74, 6) is 0.436. The lowest BCUT2D eigenvalue weighted by Gasteiger charge is -2.14. The minimum Gasteiger partial charge on any atom is -0.346 e. The van der Waals surface area contributed by atoms with E-state index in [4.69, 9.17) is 0 Å². The van der Waals surface area contributed by atoms with Crippen molar-refractivity contribution in [2.75, 3.05) is 5.32 Å². The maximum Gasteiger partial charge on any atom is 0.222 e. The fourth-order valence-electron chi connectivity index (χ4n) is 2.87. The number of rotatable bonds is 4. The van der Waals surface area contributed by atoms with Gasteiger partial charge in [0.1, 0.15) is 5.82 Å². The zero-order chi connectivity index (χ0) is 19.1. The Morgan fingerprint density at radius 3 is 2.65 bits per heavy atom. The van der Waals surface area contributed by atoms with Crippen LogP contribution in [0.1, 0.15) is 39.2 Å². The highest BCUT2D eigenvalue weighted by Gasteiger charge is 2.24. The van der Waals surface area contributed by atoms with Gasteiger partial charge in [-0.3, -0.25) is 4.79 Å². The van der Waals surface area contributed by atoms with E-state index in [1.165, 1.54) is 20.8 Å². The molecule has 0 aromatic carbocycles. The summed E-state index contributed by atoms with van der Waals surface area (Å²) in [7, 11) is 0. The first kappa shape index (κ1) is 18.0. The normalized spacial score (nSPS) is 11.8. The molecule has 6 nitrogen and oxygen atoms in total. The van der Waals surface area contributed by atoms with Gasteiger partial charge in [0.25, 0.3) is 0 Å². The van der Waals surface area contributed by atoms with Crippen molar-refractivity contribution in [3.8, 4) is 11.3 Å². The first-order valence-electron chi connectivity index (χ1n) is 8.51. The SMILES string of the molecule is CCn1cc(-c2cc(C)nc(C(C)(C)F)n2)c2cc(NC(C)=O)ncc21. The number of pyridine rings is 1. The molecule has 0 unspecified atom stereocenters. The number of hydrogen-bond acceptors (Lipinski definition) is 4. The van der Waals surface area contributed by atoms with Crippen molar-refractivity contribution in [3.63, 3.8) is 0 Å². The molecule has 3 rings (SSSR count). The largest absolute Gasteiger partial charge is 0.346 e. The molecule has 136 valence electrons. The third-order valence-electron chi connectivity index (χ3n) is 4.07. The van der Waals surface area contributed by atoms with Gasteiger partial charge in [-0.25, -0.2) is 19.3 Å². The van der Waals surface area contributed by atoms with E-state index in [0.29, 0.717) is 17.2 Å². The van der Waals surface area contributed by atoms with E-state index in [0.717, 1.165) is 23.0 Å². The average Bonchev–Trinajstić information content (AvgIpc) is 2.91. The zero-order valence-electron chi connectivity index (χ0n) is 15.6. The molecular weight excluding hydrogens is 333 g/mol. The molecule has 1 amide bonds. The van der Waals surface area contributed by atoms with E-state index in [2.05, 4.69) is 20.3 Å². The molecule has 0 aliphatic heterocycles. The summed E-state index contributed by atoms with van der Waals surface area (Å²) in [5, 5.41) is 3.59. The van der Waals surface area contributed by atoms with E-state index in [-0.39, 0.29) is 11.7 Å². The van der Waals surface area contributed by atoms with Crippen LogP contribution in [0.2, 0.25) is 0 Å². The third-order valence-corrected chi connectivity index (χ3v) is 4.07. The summed E-state index contributed by atoms with van der Waals surface area (Å²) in [4.78, 5) is 24.3. The van der Waals surface area contributed by atoms with Crippen molar-refractivity contribution in [3.05, 3.63) is 36.0 Å². The fraction of sp³-hybridized carbons (Fsp3) is 0.368. The van der Waals surface area contributed by atoms with E-state index in [1.54, 1.807) is 6.20 Å². The van der Waals surface area contributed by atoms with Crippen LogP contribution in [0.3, 0.4) is 0 Å². The monoisotopic (exact) mass is 355 g/mol. The van der Waals surface area contributed by atoms with Gasteiger partial charge in [0, 0.05) is 36.3 Å². The van der Waals surface area contributed by atoms with Crippen LogP contribution in [0.5, 0.6) is 0 Å².